The Morgan fingerprint density at radius 2 is 1.91 bits per heavy atom. The standard InChI is InChI=1S/C22H19F3N2O7/c23-22(24,25)21(10-9-13-3-4-13)15-12-14(5-6-16(15)26-20(31)33-21)32-11-1-2-19(30)34-27-17(28)7-8-18(27)29/h5-6,12-13H,1-4,7-8,11H2,(H,26,31). The SMILES string of the molecule is O=C(CCCOc1ccc2c(c1)C(C#CC1CC1)(C(F)(F)F)OC(=O)N2)ON1C(=O)CCC1=O. The molecule has 1 N–H and O–H groups in total. The van der Waals surface area contributed by atoms with Crippen LogP contribution in [0.25, 0.3) is 0 Å². The van der Waals surface area contributed by atoms with Crippen LogP contribution in [0.2, 0.25) is 0 Å². The lowest BCUT2D eigenvalue weighted by atomic mass is 9.90. The number of alkyl halides is 3. The van der Waals surface area contributed by atoms with Gasteiger partial charge >= 0.3 is 18.2 Å². The van der Waals surface area contributed by atoms with Crippen molar-refractivity contribution >= 4 is 29.6 Å². The molecule has 2 fully saturated rings. The molecule has 12 heteroatoms. The lowest BCUT2D eigenvalue weighted by Gasteiger charge is -2.35. The number of benzene rings is 1. The highest BCUT2D eigenvalue weighted by Gasteiger charge is 2.62. The Balaban J connectivity index is 1.43. The molecule has 3 amide bonds. The number of rotatable bonds is 6. The smallest absolute Gasteiger partial charge is 0.445 e. The van der Waals surface area contributed by atoms with Crippen LogP contribution in [0.3, 0.4) is 0 Å². The van der Waals surface area contributed by atoms with Gasteiger partial charge < -0.3 is 14.3 Å². The number of carbonyl (C=O) groups is 4. The highest BCUT2D eigenvalue weighted by molar-refractivity contribution is 6.01. The minimum absolute atomic E-state index is 0.0256. The van der Waals surface area contributed by atoms with E-state index in [4.69, 9.17) is 14.3 Å². The number of cyclic esters (lactones) is 1. The monoisotopic (exact) mass is 480 g/mol. The van der Waals surface area contributed by atoms with Crippen LogP contribution in [0.5, 0.6) is 5.75 Å². The number of anilines is 1. The van der Waals surface area contributed by atoms with Crippen molar-refractivity contribution in [3.8, 4) is 17.6 Å². The summed E-state index contributed by atoms with van der Waals surface area (Å²) in [4.78, 5) is 51.3. The summed E-state index contributed by atoms with van der Waals surface area (Å²) < 4.78 is 52.5. The van der Waals surface area contributed by atoms with E-state index in [1.807, 2.05) is 0 Å². The summed E-state index contributed by atoms with van der Waals surface area (Å²) in [7, 11) is 0. The number of carbonyl (C=O) groups excluding carboxylic acids is 4. The second-order valence-electron chi connectivity index (χ2n) is 7.94. The molecule has 0 spiro atoms. The first-order valence-electron chi connectivity index (χ1n) is 10.5. The van der Waals surface area contributed by atoms with E-state index in [-0.39, 0.29) is 49.6 Å². The van der Waals surface area contributed by atoms with Crippen LogP contribution >= 0.6 is 0 Å². The zero-order valence-electron chi connectivity index (χ0n) is 17.7. The van der Waals surface area contributed by atoms with E-state index in [9.17, 15) is 32.3 Å². The van der Waals surface area contributed by atoms with Crippen molar-refractivity contribution < 1.29 is 46.7 Å². The van der Waals surface area contributed by atoms with Gasteiger partial charge in [-0.2, -0.15) is 13.2 Å². The van der Waals surface area contributed by atoms with Gasteiger partial charge in [0.15, 0.2) is 0 Å². The van der Waals surface area contributed by atoms with Gasteiger partial charge in [-0.05, 0) is 43.4 Å². The summed E-state index contributed by atoms with van der Waals surface area (Å²) in [5, 5.41) is 2.67. The molecule has 1 aromatic rings. The van der Waals surface area contributed by atoms with Crippen molar-refractivity contribution in [2.45, 2.75) is 50.3 Å². The fourth-order valence-electron chi connectivity index (χ4n) is 3.36. The van der Waals surface area contributed by atoms with Gasteiger partial charge in [0.05, 0.1) is 18.7 Å². The van der Waals surface area contributed by atoms with Crippen LogP contribution in [-0.2, 0) is 29.6 Å². The predicted octanol–water partition coefficient (Wildman–Crippen LogP) is 3.19. The third-order valence-corrected chi connectivity index (χ3v) is 5.27. The van der Waals surface area contributed by atoms with Crippen LogP contribution in [0.15, 0.2) is 18.2 Å². The summed E-state index contributed by atoms with van der Waals surface area (Å²) in [5.74, 6) is 2.53. The number of halogens is 3. The summed E-state index contributed by atoms with van der Waals surface area (Å²) in [5.41, 5.74) is -3.64. The zero-order valence-corrected chi connectivity index (χ0v) is 17.7. The third kappa shape index (κ3) is 4.78. The molecule has 2 heterocycles. The first kappa shape index (κ1) is 23.4. The number of nitrogens with one attached hydrogen (secondary N) is 1. The molecule has 180 valence electrons. The van der Waals surface area contributed by atoms with E-state index < -0.39 is 41.2 Å². The maximum Gasteiger partial charge on any atom is 0.445 e. The van der Waals surface area contributed by atoms with E-state index in [1.165, 1.54) is 12.1 Å². The Labute approximate surface area is 191 Å². The number of hydrogen-bond acceptors (Lipinski definition) is 7. The molecule has 1 aromatic carbocycles. The molecule has 1 saturated heterocycles. The van der Waals surface area contributed by atoms with Gasteiger partial charge in [-0.15, -0.1) is 5.06 Å². The summed E-state index contributed by atoms with van der Waals surface area (Å²) in [6, 6.07) is 3.70. The Bertz CT molecular complexity index is 1090. The molecular weight excluding hydrogens is 461 g/mol. The van der Waals surface area contributed by atoms with Gasteiger partial charge in [0.25, 0.3) is 17.4 Å². The molecule has 2 aliphatic heterocycles. The Morgan fingerprint density at radius 3 is 2.56 bits per heavy atom. The topological polar surface area (TPSA) is 111 Å². The van der Waals surface area contributed by atoms with E-state index in [2.05, 4.69) is 17.2 Å². The number of fused-ring (bicyclic) bond motifs is 1. The van der Waals surface area contributed by atoms with Crippen LogP contribution in [-0.4, -0.2) is 41.7 Å². The van der Waals surface area contributed by atoms with Gasteiger partial charge in [0, 0.05) is 24.3 Å². The van der Waals surface area contributed by atoms with Crippen molar-refractivity contribution in [3.63, 3.8) is 0 Å². The van der Waals surface area contributed by atoms with Crippen LogP contribution in [0.1, 0.15) is 44.1 Å². The van der Waals surface area contributed by atoms with Crippen molar-refractivity contribution in [2.24, 2.45) is 5.92 Å². The molecule has 4 rings (SSSR count). The molecule has 0 radical (unpaired) electrons. The molecule has 9 nitrogen and oxygen atoms in total. The highest BCUT2D eigenvalue weighted by atomic mass is 19.4. The quantitative estimate of drug-likeness (QED) is 0.378. The van der Waals surface area contributed by atoms with E-state index in [1.54, 1.807) is 0 Å². The van der Waals surface area contributed by atoms with Gasteiger partial charge in [-0.1, -0.05) is 5.92 Å². The van der Waals surface area contributed by atoms with Gasteiger partial charge in [0.2, 0.25) is 0 Å². The average Bonchev–Trinajstić information content (AvgIpc) is 3.55. The Hall–Kier alpha value is -3.75. The van der Waals surface area contributed by atoms with Crippen LogP contribution < -0.4 is 10.1 Å². The maximum atomic E-state index is 14.1. The van der Waals surface area contributed by atoms with Crippen molar-refractivity contribution in [3.05, 3.63) is 23.8 Å². The lowest BCUT2D eigenvalue weighted by molar-refractivity contribution is -0.239. The number of ether oxygens (including phenoxy) is 2. The molecular formula is C22H19F3N2O7. The van der Waals surface area contributed by atoms with Crippen LogP contribution in [0.4, 0.5) is 23.7 Å². The second kappa shape index (κ2) is 8.89. The molecule has 1 aliphatic carbocycles. The number of hydrogen-bond donors (Lipinski definition) is 1. The number of imide groups is 1. The minimum atomic E-state index is -5.01. The van der Waals surface area contributed by atoms with Gasteiger partial charge in [0.1, 0.15) is 5.75 Å². The predicted molar refractivity (Wildman–Crippen MR) is 107 cm³/mol. The lowest BCUT2D eigenvalue weighted by Crippen LogP contribution is -2.49. The Morgan fingerprint density at radius 1 is 1.21 bits per heavy atom. The third-order valence-electron chi connectivity index (χ3n) is 5.27. The normalized spacial score (nSPS) is 21.7. The first-order chi connectivity index (χ1) is 16.1. The summed E-state index contributed by atoms with van der Waals surface area (Å²) >= 11 is 0. The number of hydroxylamine groups is 2. The van der Waals surface area contributed by atoms with E-state index in [0.29, 0.717) is 17.9 Å². The minimum Gasteiger partial charge on any atom is -0.494 e. The second-order valence-corrected chi connectivity index (χ2v) is 7.94. The molecule has 3 aliphatic rings. The first-order valence-corrected chi connectivity index (χ1v) is 10.5. The summed E-state index contributed by atoms with van der Waals surface area (Å²) in [6.45, 7) is -0.0736. The molecule has 34 heavy (non-hydrogen) atoms. The fraction of sp³-hybridized carbons (Fsp3) is 0.455. The molecule has 0 bridgehead atoms. The highest BCUT2D eigenvalue weighted by Crippen LogP contribution is 2.48. The number of nitrogens with zero attached hydrogens (tertiary/aromatic N) is 1. The largest absolute Gasteiger partial charge is 0.494 e. The van der Waals surface area contributed by atoms with Gasteiger partial charge in [-0.25, -0.2) is 9.59 Å². The summed E-state index contributed by atoms with van der Waals surface area (Å²) in [6.07, 6.45) is -5.04. The molecule has 1 unspecified atom stereocenters. The molecule has 1 atom stereocenters. The van der Waals surface area contributed by atoms with Crippen molar-refractivity contribution in [1.82, 2.24) is 5.06 Å². The number of amides is 3. The average molecular weight is 480 g/mol. The fourth-order valence-corrected chi connectivity index (χ4v) is 3.36. The maximum absolute atomic E-state index is 14.1. The van der Waals surface area contributed by atoms with Gasteiger partial charge in [-0.3, -0.25) is 14.9 Å². The van der Waals surface area contributed by atoms with Crippen molar-refractivity contribution in [1.29, 1.82) is 0 Å². The Kier molecular flexibility index (Phi) is 6.12. The zero-order chi connectivity index (χ0) is 24.5. The van der Waals surface area contributed by atoms with Crippen LogP contribution in [0, 0.1) is 17.8 Å². The molecule has 0 aromatic heterocycles. The van der Waals surface area contributed by atoms with E-state index >= 15 is 0 Å². The molecule has 1 saturated carbocycles. The van der Waals surface area contributed by atoms with E-state index in [0.717, 1.165) is 6.07 Å². The van der Waals surface area contributed by atoms with Crippen molar-refractivity contribution in [2.75, 3.05) is 11.9 Å².